The quantitative estimate of drug-likeness (QED) is 0.879. The molecule has 0 spiro atoms. The Kier molecular flexibility index (Phi) is 4.21. The highest BCUT2D eigenvalue weighted by atomic mass is 16.5. The number of ether oxygens (including phenoxy) is 1. The molecule has 1 aromatic rings. The van der Waals surface area contributed by atoms with Gasteiger partial charge >= 0.3 is 5.97 Å². The minimum atomic E-state index is -0.824. The monoisotopic (exact) mass is 267 g/mol. The lowest BCUT2D eigenvalue weighted by Crippen LogP contribution is -2.44. The zero-order valence-corrected chi connectivity index (χ0v) is 10.8. The largest absolute Gasteiger partial charge is 0.490 e. The molecule has 0 amide bonds. The summed E-state index contributed by atoms with van der Waals surface area (Å²) in [6.45, 7) is 1.03. The van der Waals surface area contributed by atoms with E-state index in [2.05, 4.69) is 0 Å². The molecule has 0 radical (unpaired) electrons. The lowest BCUT2D eigenvalue weighted by molar-refractivity contribution is -0.145. The number of likely N-dealkylation sites (tertiary alicyclic amines) is 1. The van der Waals surface area contributed by atoms with Gasteiger partial charge in [-0.2, -0.15) is 0 Å². The van der Waals surface area contributed by atoms with Crippen molar-refractivity contribution in [3.8, 4) is 5.75 Å². The highest BCUT2D eigenvalue weighted by Gasteiger charge is 2.28. The van der Waals surface area contributed by atoms with Crippen LogP contribution in [0.3, 0.4) is 0 Å². The topological polar surface area (TPSA) is 80.0 Å². The van der Waals surface area contributed by atoms with Crippen molar-refractivity contribution in [2.24, 2.45) is 0 Å². The normalized spacial score (nSPS) is 20.2. The fourth-order valence-corrected chi connectivity index (χ4v) is 2.33. The second-order valence-electron chi connectivity index (χ2n) is 4.60. The molecule has 1 N–H and O–H groups in total. The maximum atomic E-state index is 11.6. The third kappa shape index (κ3) is 3.14. The summed E-state index contributed by atoms with van der Waals surface area (Å²) in [5.41, 5.74) is -0.257. The lowest BCUT2D eigenvalue weighted by atomic mass is 10.0. The molecule has 1 aromatic heterocycles. The predicted octanol–water partition coefficient (Wildman–Crippen LogP) is 1.09. The van der Waals surface area contributed by atoms with Gasteiger partial charge in [-0.1, -0.05) is 6.42 Å². The lowest BCUT2D eigenvalue weighted by Gasteiger charge is -2.32. The number of carboxylic acids is 1. The van der Waals surface area contributed by atoms with Crippen LogP contribution in [-0.4, -0.2) is 35.7 Å². The third-order valence-electron chi connectivity index (χ3n) is 3.33. The number of nitrogens with zero attached hydrogens (tertiary/aromatic N) is 1. The Labute approximate surface area is 110 Å². The number of methoxy groups -OCH3 is 1. The maximum absolute atomic E-state index is 11.6. The highest BCUT2D eigenvalue weighted by Crippen LogP contribution is 2.20. The summed E-state index contributed by atoms with van der Waals surface area (Å²) >= 11 is 0. The minimum Gasteiger partial charge on any atom is -0.490 e. The summed E-state index contributed by atoms with van der Waals surface area (Å²) in [7, 11) is 1.40. The van der Waals surface area contributed by atoms with Gasteiger partial charge in [-0.15, -0.1) is 0 Å². The SMILES string of the molecule is COc1coc(CN2CCCCC2C(=O)O)cc1=O. The van der Waals surface area contributed by atoms with Crippen molar-refractivity contribution in [2.75, 3.05) is 13.7 Å². The molecule has 2 rings (SSSR count). The Morgan fingerprint density at radius 2 is 2.37 bits per heavy atom. The van der Waals surface area contributed by atoms with Crippen molar-refractivity contribution >= 4 is 5.97 Å². The van der Waals surface area contributed by atoms with Gasteiger partial charge in [0.25, 0.3) is 0 Å². The van der Waals surface area contributed by atoms with E-state index in [9.17, 15) is 9.59 Å². The third-order valence-corrected chi connectivity index (χ3v) is 3.33. The molecule has 1 aliphatic heterocycles. The van der Waals surface area contributed by atoms with Crippen LogP contribution in [0.1, 0.15) is 25.0 Å². The molecule has 1 atom stereocenters. The second kappa shape index (κ2) is 5.88. The molecule has 19 heavy (non-hydrogen) atoms. The van der Waals surface area contributed by atoms with E-state index in [0.29, 0.717) is 25.3 Å². The van der Waals surface area contributed by atoms with Gasteiger partial charge in [-0.3, -0.25) is 14.5 Å². The molecular weight excluding hydrogens is 250 g/mol. The van der Waals surface area contributed by atoms with Crippen molar-refractivity contribution in [3.05, 3.63) is 28.3 Å². The zero-order valence-electron chi connectivity index (χ0n) is 10.8. The summed E-state index contributed by atoms with van der Waals surface area (Å²) in [6.07, 6.45) is 3.78. The van der Waals surface area contributed by atoms with Crippen molar-refractivity contribution in [3.63, 3.8) is 0 Å². The fourth-order valence-electron chi connectivity index (χ4n) is 2.33. The van der Waals surface area contributed by atoms with Crippen LogP contribution in [0.15, 0.2) is 21.5 Å². The standard InChI is InChI=1S/C13H17NO5/c1-18-12-8-19-9(6-11(12)15)7-14-5-3-2-4-10(14)13(16)17/h6,8,10H,2-5,7H2,1H3,(H,16,17). The summed E-state index contributed by atoms with van der Waals surface area (Å²) in [6, 6.07) is 0.855. The van der Waals surface area contributed by atoms with Gasteiger partial charge in [-0.05, 0) is 19.4 Å². The number of rotatable bonds is 4. The van der Waals surface area contributed by atoms with E-state index in [1.807, 2.05) is 4.90 Å². The summed E-state index contributed by atoms with van der Waals surface area (Å²) in [4.78, 5) is 24.6. The van der Waals surface area contributed by atoms with E-state index >= 15 is 0 Å². The van der Waals surface area contributed by atoms with Crippen molar-refractivity contribution < 1.29 is 19.1 Å². The molecule has 0 aromatic carbocycles. The van der Waals surface area contributed by atoms with Crippen LogP contribution in [0.25, 0.3) is 0 Å². The Morgan fingerprint density at radius 1 is 1.58 bits per heavy atom. The minimum absolute atomic E-state index is 0.150. The number of hydrogen-bond donors (Lipinski definition) is 1. The number of aliphatic carboxylic acids is 1. The van der Waals surface area contributed by atoms with Gasteiger partial charge in [0.15, 0.2) is 0 Å². The average molecular weight is 267 g/mol. The first-order valence-corrected chi connectivity index (χ1v) is 6.24. The van der Waals surface area contributed by atoms with Gasteiger partial charge < -0.3 is 14.3 Å². The van der Waals surface area contributed by atoms with Gasteiger partial charge in [0.05, 0.1) is 13.7 Å². The molecule has 0 bridgehead atoms. The van der Waals surface area contributed by atoms with E-state index in [0.717, 1.165) is 12.8 Å². The Bertz CT molecular complexity index is 510. The van der Waals surface area contributed by atoms with Crippen LogP contribution in [0, 0.1) is 0 Å². The van der Waals surface area contributed by atoms with E-state index in [1.54, 1.807) is 0 Å². The van der Waals surface area contributed by atoms with Gasteiger partial charge in [0.1, 0.15) is 18.1 Å². The fraction of sp³-hybridized carbons (Fsp3) is 0.538. The maximum Gasteiger partial charge on any atom is 0.320 e. The Morgan fingerprint density at radius 3 is 3.00 bits per heavy atom. The van der Waals surface area contributed by atoms with Crippen molar-refractivity contribution in [1.29, 1.82) is 0 Å². The van der Waals surface area contributed by atoms with Crippen LogP contribution in [0.5, 0.6) is 5.75 Å². The van der Waals surface area contributed by atoms with Gasteiger partial charge in [0.2, 0.25) is 11.2 Å². The molecule has 104 valence electrons. The first-order valence-electron chi connectivity index (χ1n) is 6.24. The van der Waals surface area contributed by atoms with Crippen LogP contribution >= 0.6 is 0 Å². The molecule has 1 fully saturated rings. The zero-order chi connectivity index (χ0) is 13.8. The first-order chi connectivity index (χ1) is 9.11. The number of hydrogen-bond acceptors (Lipinski definition) is 5. The number of piperidine rings is 1. The molecule has 6 heteroatoms. The average Bonchev–Trinajstić information content (AvgIpc) is 2.39. The number of carbonyl (C=O) groups is 1. The van der Waals surface area contributed by atoms with E-state index in [1.165, 1.54) is 19.4 Å². The van der Waals surface area contributed by atoms with E-state index < -0.39 is 12.0 Å². The predicted molar refractivity (Wildman–Crippen MR) is 67.2 cm³/mol. The smallest absolute Gasteiger partial charge is 0.320 e. The number of carboxylic acid groups (broad SMARTS) is 1. The van der Waals surface area contributed by atoms with Gasteiger partial charge in [0, 0.05) is 6.07 Å². The summed E-state index contributed by atoms with van der Waals surface area (Å²) in [5, 5.41) is 9.17. The summed E-state index contributed by atoms with van der Waals surface area (Å²) in [5.74, 6) is -0.216. The molecular formula is C13H17NO5. The summed E-state index contributed by atoms with van der Waals surface area (Å²) < 4.78 is 10.1. The highest BCUT2D eigenvalue weighted by molar-refractivity contribution is 5.73. The Balaban J connectivity index is 2.13. The molecule has 0 aliphatic carbocycles. The van der Waals surface area contributed by atoms with Crippen LogP contribution in [0.4, 0.5) is 0 Å². The molecule has 1 saturated heterocycles. The molecule has 1 unspecified atom stereocenters. The van der Waals surface area contributed by atoms with E-state index in [4.69, 9.17) is 14.3 Å². The second-order valence-corrected chi connectivity index (χ2v) is 4.60. The molecule has 0 saturated carbocycles. The van der Waals surface area contributed by atoms with E-state index in [-0.39, 0.29) is 11.2 Å². The molecule has 6 nitrogen and oxygen atoms in total. The van der Waals surface area contributed by atoms with Crippen LogP contribution in [-0.2, 0) is 11.3 Å². The molecule has 2 heterocycles. The first kappa shape index (κ1) is 13.6. The Hall–Kier alpha value is -1.82. The molecule has 1 aliphatic rings. The van der Waals surface area contributed by atoms with Crippen LogP contribution < -0.4 is 10.2 Å². The van der Waals surface area contributed by atoms with Crippen LogP contribution in [0.2, 0.25) is 0 Å². The van der Waals surface area contributed by atoms with Gasteiger partial charge in [-0.25, -0.2) is 0 Å². The van der Waals surface area contributed by atoms with Crippen molar-refractivity contribution in [1.82, 2.24) is 4.90 Å². The van der Waals surface area contributed by atoms with Crippen molar-refractivity contribution in [2.45, 2.75) is 31.8 Å².